The van der Waals surface area contributed by atoms with Crippen LogP contribution in [0.25, 0.3) is 0 Å². The smallest absolute Gasteiger partial charge is 0.315 e. The van der Waals surface area contributed by atoms with E-state index in [0.717, 1.165) is 11.4 Å². The number of hydrogen-bond donors (Lipinski definition) is 3. The second-order valence-corrected chi connectivity index (χ2v) is 4.73. The Hall–Kier alpha value is -2.28. The lowest BCUT2D eigenvalue weighted by Crippen LogP contribution is -2.44. The molecule has 0 radical (unpaired) electrons. The molecule has 1 atom stereocenters. The fourth-order valence-corrected chi connectivity index (χ4v) is 2.22. The minimum Gasteiger partial charge on any atom is -0.497 e. The van der Waals surface area contributed by atoms with Crippen LogP contribution in [0.5, 0.6) is 5.75 Å². The van der Waals surface area contributed by atoms with E-state index in [1.807, 2.05) is 12.1 Å². The predicted octanol–water partition coefficient (Wildman–Crippen LogP) is 0.0920. The molecule has 0 unspecified atom stereocenters. The average molecular weight is 293 g/mol. The number of carbonyl (C=O) groups excluding carboxylic acids is 2. The van der Waals surface area contributed by atoms with Crippen molar-refractivity contribution in [2.24, 2.45) is 0 Å². The van der Waals surface area contributed by atoms with Gasteiger partial charge in [-0.05, 0) is 24.3 Å². The van der Waals surface area contributed by atoms with Crippen molar-refractivity contribution < 1.29 is 19.4 Å². The summed E-state index contributed by atoms with van der Waals surface area (Å²) in [5.41, 5.74) is 0.779. The highest BCUT2D eigenvalue weighted by Crippen LogP contribution is 2.24. The van der Waals surface area contributed by atoms with E-state index >= 15 is 0 Å². The molecule has 0 saturated carbocycles. The van der Waals surface area contributed by atoms with Gasteiger partial charge in [0.05, 0.1) is 19.8 Å². The zero-order chi connectivity index (χ0) is 15.2. The first-order chi connectivity index (χ1) is 10.1. The molecule has 0 bridgehead atoms. The first kappa shape index (κ1) is 15.1. The molecule has 1 heterocycles. The summed E-state index contributed by atoms with van der Waals surface area (Å²) in [6.45, 7) is 0.501. The molecule has 3 amide bonds. The van der Waals surface area contributed by atoms with Crippen LogP contribution in [0.2, 0.25) is 0 Å². The highest BCUT2D eigenvalue weighted by molar-refractivity contribution is 5.96. The minimum atomic E-state index is -0.376. The largest absolute Gasteiger partial charge is 0.497 e. The van der Waals surface area contributed by atoms with Gasteiger partial charge in [0.2, 0.25) is 5.91 Å². The van der Waals surface area contributed by atoms with Crippen LogP contribution >= 0.6 is 0 Å². The topological polar surface area (TPSA) is 90.9 Å². The van der Waals surface area contributed by atoms with Gasteiger partial charge in [-0.1, -0.05) is 0 Å². The van der Waals surface area contributed by atoms with Crippen molar-refractivity contribution in [2.75, 3.05) is 31.7 Å². The second-order valence-electron chi connectivity index (χ2n) is 4.73. The number of nitrogens with zero attached hydrogens (tertiary/aromatic N) is 1. The zero-order valence-corrected chi connectivity index (χ0v) is 11.8. The summed E-state index contributed by atoms with van der Waals surface area (Å²) < 4.78 is 5.08. The van der Waals surface area contributed by atoms with E-state index in [1.165, 1.54) is 0 Å². The molecule has 1 aromatic rings. The Kier molecular flexibility index (Phi) is 4.99. The van der Waals surface area contributed by atoms with Crippen LogP contribution < -0.4 is 20.3 Å². The Labute approximate surface area is 122 Å². The highest BCUT2D eigenvalue weighted by Gasteiger charge is 2.31. The molecule has 7 heteroatoms. The molecular weight excluding hydrogens is 274 g/mol. The fourth-order valence-electron chi connectivity index (χ4n) is 2.22. The number of methoxy groups -OCH3 is 1. The van der Waals surface area contributed by atoms with Crippen LogP contribution in [0.15, 0.2) is 24.3 Å². The van der Waals surface area contributed by atoms with Crippen molar-refractivity contribution in [1.29, 1.82) is 0 Å². The van der Waals surface area contributed by atoms with E-state index in [-0.39, 0.29) is 37.6 Å². The molecule has 21 heavy (non-hydrogen) atoms. The second kappa shape index (κ2) is 6.94. The SMILES string of the molecule is COc1ccc(N2C[C@H](NC(=O)NCCO)CC2=O)cc1. The average Bonchev–Trinajstić information content (AvgIpc) is 2.85. The normalized spacial score (nSPS) is 17.7. The minimum absolute atomic E-state index is 0.0346. The third-order valence-electron chi connectivity index (χ3n) is 3.24. The summed E-state index contributed by atoms with van der Waals surface area (Å²) in [7, 11) is 1.58. The molecule has 0 aromatic heterocycles. The number of anilines is 1. The Morgan fingerprint density at radius 1 is 1.43 bits per heavy atom. The maximum absolute atomic E-state index is 12.0. The Morgan fingerprint density at radius 3 is 2.76 bits per heavy atom. The van der Waals surface area contributed by atoms with E-state index in [4.69, 9.17) is 9.84 Å². The number of urea groups is 1. The van der Waals surface area contributed by atoms with Crippen LogP contribution in [0, 0.1) is 0 Å². The van der Waals surface area contributed by atoms with Crippen molar-refractivity contribution in [3.05, 3.63) is 24.3 Å². The van der Waals surface area contributed by atoms with Gasteiger partial charge in [-0.2, -0.15) is 0 Å². The number of ether oxygens (including phenoxy) is 1. The zero-order valence-electron chi connectivity index (χ0n) is 11.8. The maximum Gasteiger partial charge on any atom is 0.315 e. The summed E-state index contributed by atoms with van der Waals surface area (Å²) in [5.74, 6) is 0.691. The van der Waals surface area contributed by atoms with Crippen molar-refractivity contribution in [1.82, 2.24) is 10.6 Å². The van der Waals surface area contributed by atoms with E-state index in [1.54, 1.807) is 24.1 Å². The summed E-state index contributed by atoms with van der Waals surface area (Å²) in [5, 5.41) is 13.9. The number of carbonyl (C=O) groups is 2. The number of nitrogens with one attached hydrogen (secondary N) is 2. The number of amides is 3. The molecule has 3 N–H and O–H groups in total. The van der Waals surface area contributed by atoms with Gasteiger partial charge in [-0.15, -0.1) is 0 Å². The van der Waals surface area contributed by atoms with Gasteiger partial charge in [-0.3, -0.25) is 4.79 Å². The monoisotopic (exact) mass is 293 g/mol. The van der Waals surface area contributed by atoms with Crippen LogP contribution in [-0.4, -0.2) is 49.9 Å². The molecule has 7 nitrogen and oxygen atoms in total. The maximum atomic E-state index is 12.0. The first-order valence-electron chi connectivity index (χ1n) is 6.73. The lowest BCUT2D eigenvalue weighted by atomic mass is 10.2. The summed E-state index contributed by atoms with van der Waals surface area (Å²) >= 11 is 0. The molecule has 1 aliphatic rings. The summed E-state index contributed by atoms with van der Waals surface area (Å²) in [4.78, 5) is 25.2. The Balaban J connectivity index is 1.94. The molecule has 0 aliphatic carbocycles. The van der Waals surface area contributed by atoms with Gasteiger partial charge < -0.3 is 25.4 Å². The third kappa shape index (κ3) is 3.85. The molecule has 2 rings (SSSR count). The molecule has 1 aromatic carbocycles. The fraction of sp³-hybridized carbons (Fsp3) is 0.429. The van der Waals surface area contributed by atoms with Crippen molar-refractivity contribution in [3.63, 3.8) is 0 Å². The standard InChI is InChI=1S/C14H19N3O4/c1-21-12-4-2-11(3-5-12)17-9-10(8-13(17)19)16-14(20)15-6-7-18/h2-5,10,18H,6-9H2,1H3,(H2,15,16,20)/t10-/m1/s1. The molecule has 1 fully saturated rings. The number of rotatable bonds is 5. The van der Waals surface area contributed by atoms with E-state index < -0.39 is 0 Å². The van der Waals surface area contributed by atoms with Gasteiger partial charge in [0.15, 0.2) is 0 Å². The van der Waals surface area contributed by atoms with E-state index in [9.17, 15) is 9.59 Å². The van der Waals surface area contributed by atoms with Crippen LogP contribution in [-0.2, 0) is 4.79 Å². The van der Waals surface area contributed by atoms with Gasteiger partial charge >= 0.3 is 6.03 Å². The lowest BCUT2D eigenvalue weighted by Gasteiger charge is -2.17. The number of aliphatic hydroxyl groups excluding tert-OH is 1. The van der Waals surface area contributed by atoms with Crippen LogP contribution in [0.3, 0.4) is 0 Å². The quantitative estimate of drug-likeness (QED) is 0.717. The van der Waals surface area contributed by atoms with E-state index in [0.29, 0.717) is 6.54 Å². The van der Waals surface area contributed by atoms with Gasteiger partial charge in [0.25, 0.3) is 0 Å². The summed E-state index contributed by atoms with van der Waals surface area (Å²) in [6, 6.07) is 6.58. The Morgan fingerprint density at radius 2 is 2.14 bits per heavy atom. The molecule has 114 valence electrons. The van der Waals surface area contributed by atoms with Crippen LogP contribution in [0.4, 0.5) is 10.5 Å². The van der Waals surface area contributed by atoms with Gasteiger partial charge in [0.1, 0.15) is 5.75 Å². The molecule has 1 aliphatic heterocycles. The molecule has 0 spiro atoms. The van der Waals surface area contributed by atoms with E-state index in [2.05, 4.69) is 10.6 Å². The van der Waals surface area contributed by atoms with Gasteiger partial charge in [-0.25, -0.2) is 4.79 Å². The Bertz CT molecular complexity index is 503. The van der Waals surface area contributed by atoms with Crippen molar-refractivity contribution in [3.8, 4) is 5.75 Å². The number of hydrogen-bond acceptors (Lipinski definition) is 4. The highest BCUT2D eigenvalue weighted by atomic mass is 16.5. The van der Waals surface area contributed by atoms with Crippen LogP contribution in [0.1, 0.15) is 6.42 Å². The van der Waals surface area contributed by atoms with Crippen molar-refractivity contribution >= 4 is 17.6 Å². The third-order valence-corrected chi connectivity index (χ3v) is 3.24. The molecule has 1 saturated heterocycles. The first-order valence-corrected chi connectivity index (χ1v) is 6.73. The lowest BCUT2D eigenvalue weighted by molar-refractivity contribution is -0.117. The predicted molar refractivity (Wildman–Crippen MR) is 77.4 cm³/mol. The van der Waals surface area contributed by atoms with Gasteiger partial charge in [0, 0.05) is 25.2 Å². The summed E-state index contributed by atoms with van der Waals surface area (Å²) in [6.07, 6.45) is 0.262. The number of benzene rings is 1. The van der Waals surface area contributed by atoms with Crippen molar-refractivity contribution in [2.45, 2.75) is 12.5 Å². The number of aliphatic hydroxyl groups is 1. The molecular formula is C14H19N3O4.